The molecule has 0 spiro atoms. The van der Waals surface area contributed by atoms with Crippen LogP contribution in [0.25, 0.3) is 0 Å². The van der Waals surface area contributed by atoms with Gasteiger partial charge in [-0.15, -0.1) is 0 Å². The third-order valence-electron chi connectivity index (χ3n) is 3.25. The predicted octanol–water partition coefficient (Wildman–Crippen LogP) is 2.72. The van der Waals surface area contributed by atoms with Crippen LogP contribution in [0.1, 0.15) is 49.5 Å². The zero-order chi connectivity index (χ0) is 10.8. The van der Waals surface area contributed by atoms with Crippen molar-refractivity contribution in [2.24, 2.45) is 7.05 Å². The molecule has 1 N–H and O–H groups in total. The first-order valence-corrected chi connectivity index (χ1v) is 6.35. The fourth-order valence-corrected chi connectivity index (χ4v) is 2.78. The number of hydrogen-bond donors (Lipinski definition) is 1. The molecule has 1 aliphatic carbocycles. The van der Waals surface area contributed by atoms with Crippen molar-refractivity contribution in [2.75, 3.05) is 0 Å². The highest BCUT2D eigenvalue weighted by Gasteiger charge is 2.22. The largest absolute Gasteiger partial charge is 0.390 e. The highest BCUT2D eigenvalue weighted by molar-refractivity contribution is 9.10. The summed E-state index contributed by atoms with van der Waals surface area (Å²) < 4.78 is 2.99. The van der Waals surface area contributed by atoms with E-state index in [2.05, 4.69) is 25.5 Å². The minimum absolute atomic E-state index is 0.0150. The summed E-state index contributed by atoms with van der Waals surface area (Å²) in [6.07, 6.45) is 6.45. The van der Waals surface area contributed by atoms with Crippen LogP contribution >= 0.6 is 15.9 Å². The van der Waals surface area contributed by atoms with Crippen LogP contribution in [0.15, 0.2) is 4.60 Å². The maximum Gasteiger partial charge on any atom is 0.112 e. The molecule has 84 valence electrons. The minimum atomic E-state index is 0.0150. The summed E-state index contributed by atoms with van der Waals surface area (Å²) in [5.41, 5.74) is 0.762. The number of nitrogens with zero attached hydrogens (tertiary/aromatic N) is 2. The third kappa shape index (κ3) is 2.11. The molecular weight excluding hydrogens is 256 g/mol. The van der Waals surface area contributed by atoms with Gasteiger partial charge in [-0.25, -0.2) is 4.98 Å². The van der Waals surface area contributed by atoms with E-state index in [1.54, 1.807) is 0 Å². The molecule has 4 heteroatoms. The van der Waals surface area contributed by atoms with E-state index in [-0.39, 0.29) is 6.61 Å². The van der Waals surface area contributed by atoms with E-state index < -0.39 is 0 Å². The molecule has 15 heavy (non-hydrogen) atoms. The smallest absolute Gasteiger partial charge is 0.112 e. The molecule has 1 aromatic heterocycles. The van der Waals surface area contributed by atoms with Crippen molar-refractivity contribution < 1.29 is 5.11 Å². The third-order valence-corrected chi connectivity index (χ3v) is 4.24. The van der Waals surface area contributed by atoms with Crippen LogP contribution in [0.3, 0.4) is 0 Å². The van der Waals surface area contributed by atoms with Crippen LogP contribution in [0.5, 0.6) is 0 Å². The van der Waals surface area contributed by atoms with Gasteiger partial charge in [-0.05, 0) is 28.8 Å². The second-order valence-electron chi connectivity index (χ2n) is 4.26. The van der Waals surface area contributed by atoms with Gasteiger partial charge in [0.1, 0.15) is 10.4 Å². The number of imidazole rings is 1. The molecule has 0 saturated heterocycles. The van der Waals surface area contributed by atoms with Crippen molar-refractivity contribution in [1.29, 1.82) is 0 Å². The van der Waals surface area contributed by atoms with Gasteiger partial charge in [-0.2, -0.15) is 0 Å². The topological polar surface area (TPSA) is 38.0 Å². The van der Waals surface area contributed by atoms with E-state index in [0.717, 1.165) is 16.1 Å². The average molecular weight is 273 g/mol. The molecule has 1 heterocycles. The molecule has 0 bridgehead atoms. The summed E-state index contributed by atoms with van der Waals surface area (Å²) in [6.45, 7) is 0.0150. The summed E-state index contributed by atoms with van der Waals surface area (Å²) in [6, 6.07) is 0. The lowest BCUT2D eigenvalue weighted by molar-refractivity contribution is 0.276. The molecule has 0 aliphatic heterocycles. The summed E-state index contributed by atoms with van der Waals surface area (Å²) >= 11 is 3.47. The van der Waals surface area contributed by atoms with Crippen LogP contribution < -0.4 is 0 Å². The highest BCUT2D eigenvalue weighted by Crippen LogP contribution is 2.33. The van der Waals surface area contributed by atoms with E-state index in [9.17, 15) is 0 Å². The monoisotopic (exact) mass is 272 g/mol. The molecule has 2 rings (SSSR count). The highest BCUT2D eigenvalue weighted by atomic mass is 79.9. The molecule has 0 atom stereocenters. The minimum Gasteiger partial charge on any atom is -0.390 e. The van der Waals surface area contributed by atoms with E-state index >= 15 is 0 Å². The number of halogens is 1. The summed E-state index contributed by atoms with van der Waals surface area (Å²) in [5.74, 6) is 1.71. The Hall–Kier alpha value is -0.350. The zero-order valence-electron chi connectivity index (χ0n) is 9.04. The first-order chi connectivity index (χ1) is 7.24. The number of aliphatic hydroxyl groups excluding tert-OH is 1. The Morgan fingerprint density at radius 1 is 1.40 bits per heavy atom. The van der Waals surface area contributed by atoms with Crippen molar-refractivity contribution in [3.63, 3.8) is 0 Å². The molecule has 0 aromatic carbocycles. The van der Waals surface area contributed by atoms with Crippen LogP contribution in [-0.4, -0.2) is 14.7 Å². The number of aromatic nitrogens is 2. The van der Waals surface area contributed by atoms with E-state index in [0.29, 0.717) is 5.92 Å². The first-order valence-electron chi connectivity index (χ1n) is 5.56. The van der Waals surface area contributed by atoms with Crippen molar-refractivity contribution in [2.45, 2.75) is 44.6 Å². The van der Waals surface area contributed by atoms with Crippen LogP contribution in [0, 0.1) is 0 Å². The van der Waals surface area contributed by atoms with Gasteiger partial charge in [0, 0.05) is 13.0 Å². The molecule has 3 nitrogen and oxygen atoms in total. The maximum atomic E-state index is 9.15. The Morgan fingerprint density at radius 2 is 2.07 bits per heavy atom. The van der Waals surface area contributed by atoms with Gasteiger partial charge in [-0.3, -0.25) is 0 Å². The number of hydrogen-bond acceptors (Lipinski definition) is 2. The van der Waals surface area contributed by atoms with Gasteiger partial charge in [-0.1, -0.05) is 19.3 Å². The fourth-order valence-electron chi connectivity index (χ4n) is 2.38. The quantitative estimate of drug-likeness (QED) is 0.899. The Kier molecular flexibility index (Phi) is 3.46. The summed E-state index contributed by atoms with van der Waals surface area (Å²) in [5, 5.41) is 9.15. The Bertz CT molecular complexity index is 343. The van der Waals surface area contributed by atoms with Gasteiger partial charge in [0.05, 0.1) is 12.3 Å². The van der Waals surface area contributed by atoms with Crippen molar-refractivity contribution in [3.05, 3.63) is 16.1 Å². The molecular formula is C11H17BrN2O. The molecule has 0 unspecified atom stereocenters. The molecule has 0 amide bonds. The van der Waals surface area contributed by atoms with Crippen LogP contribution in [-0.2, 0) is 13.7 Å². The first kappa shape index (κ1) is 11.1. The molecule has 0 radical (unpaired) electrons. The lowest BCUT2D eigenvalue weighted by Gasteiger charge is -2.21. The molecule has 1 fully saturated rings. The zero-order valence-corrected chi connectivity index (χ0v) is 10.6. The van der Waals surface area contributed by atoms with Gasteiger partial charge < -0.3 is 9.67 Å². The number of aliphatic hydroxyl groups is 1. The van der Waals surface area contributed by atoms with Gasteiger partial charge in [0.2, 0.25) is 0 Å². The Labute approximate surface area is 98.6 Å². The maximum absolute atomic E-state index is 9.15. The van der Waals surface area contributed by atoms with Gasteiger partial charge in [0.25, 0.3) is 0 Å². The normalized spacial score (nSPS) is 18.3. The van der Waals surface area contributed by atoms with E-state index in [4.69, 9.17) is 5.11 Å². The summed E-state index contributed by atoms with van der Waals surface area (Å²) in [4.78, 5) is 4.52. The molecule has 1 aliphatic rings. The fraction of sp³-hybridized carbons (Fsp3) is 0.727. The Balaban J connectivity index is 2.26. The van der Waals surface area contributed by atoms with E-state index in [1.165, 1.54) is 32.1 Å². The van der Waals surface area contributed by atoms with Gasteiger partial charge in [0.15, 0.2) is 0 Å². The molecule has 1 saturated carbocycles. The standard InChI is InChI=1S/C11H17BrN2O/c1-14-10(12)9(7-15)13-11(14)8-5-3-2-4-6-8/h8,15H,2-7H2,1H3. The van der Waals surface area contributed by atoms with E-state index in [1.807, 2.05) is 7.05 Å². The lowest BCUT2D eigenvalue weighted by atomic mass is 9.89. The average Bonchev–Trinajstić information content (AvgIpc) is 2.57. The Morgan fingerprint density at radius 3 is 2.60 bits per heavy atom. The van der Waals surface area contributed by atoms with Crippen molar-refractivity contribution in [3.8, 4) is 0 Å². The number of rotatable bonds is 2. The van der Waals surface area contributed by atoms with Crippen molar-refractivity contribution >= 4 is 15.9 Å². The SMILES string of the molecule is Cn1c(C2CCCCC2)nc(CO)c1Br. The summed E-state index contributed by atoms with van der Waals surface area (Å²) in [7, 11) is 2.01. The van der Waals surface area contributed by atoms with Crippen molar-refractivity contribution in [1.82, 2.24) is 9.55 Å². The van der Waals surface area contributed by atoms with Crippen LogP contribution in [0.4, 0.5) is 0 Å². The lowest BCUT2D eigenvalue weighted by Crippen LogP contribution is -2.10. The van der Waals surface area contributed by atoms with Crippen LogP contribution in [0.2, 0.25) is 0 Å². The molecule has 1 aromatic rings. The van der Waals surface area contributed by atoms with Gasteiger partial charge >= 0.3 is 0 Å². The predicted molar refractivity (Wildman–Crippen MR) is 62.7 cm³/mol. The second-order valence-corrected chi connectivity index (χ2v) is 5.01. The second kappa shape index (κ2) is 4.66.